The molecule has 5 heteroatoms. The Labute approximate surface area is 106 Å². The van der Waals surface area contributed by atoms with Crippen molar-refractivity contribution in [3.05, 3.63) is 24.0 Å². The largest absolute Gasteiger partial charge is 0.312 e. The molecule has 0 spiro atoms. The molecule has 94 valence electrons. The fraction of sp³-hybridized carbons (Fsp3) is 0.538. The van der Waals surface area contributed by atoms with E-state index in [9.17, 15) is 0 Å². The van der Waals surface area contributed by atoms with E-state index < -0.39 is 0 Å². The van der Waals surface area contributed by atoms with Gasteiger partial charge in [-0.05, 0) is 24.5 Å². The van der Waals surface area contributed by atoms with Crippen LogP contribution in [0.15, 0.2) is 18.5 Å². The van der Waals surface area contributed by atoms with Gasteiger partial charge in [-0.2, -0.15) is 5.10 Å². The molecular formula is C13H17N5. The van der Waals surface area contributed by atoms with Crippen molar-refractivity contribution >= 4 is 11.0 Å². The molecule has 2 N–H and O–H groups in total. The van der Waals surface area contributed by atoms with Crippen LogP contribution in [0.3, 0.4) is 0 Å². The van der Waals surface area contributed by atoms with E-state index in [1.807, 2.05) is 17.1 Å². The summed E-state index contributed by atoms with van der Waals surface area (Å²) in [6.45, 7) is 2.93. The van der Waals surface area contributed by atoms with Crippen molar-refractivity contribution in [2.75, 3.05) is 13.1 Å². The number of rotatable bonds is 4. The minimum atomic E-state index is 0.477. The standard InChI is InChI=1S/C13H17N5/c1-2-11(1)15-4-9-3-10-6-17-18(12-7-14-8-12)13(10)16-5-9/h3,5-6,11-12,14-15H,1-2,4,7-8H2. The maximum Gasteiger partial charge on any atom is 0.158 e. The Morgan fingerprint density at radius 1 is 1.33 bits per heavy atom. The summed E-state index contributed by atoms with van der Waals surface area (Å²) in [6.07, 6.45) is 6.55. The number of hydrogen-bond donors (Lipinski definition) is 2. The molecule has 0 unspecified atom stereocenters. The molecule has 2 aromatic heterocycles. The van der Waals surface area contributed by atoms with Gasteiger partial charge in [-0.1, -0.05) is 0 Å². The minimum absolute atomic E-state index is 0.477. The molecule has 5 nitrogen and oxygen atoms in total. The second-order valence-electron chi connectivity index (χ2n) is 5.31. The van der Waals surface area contributed by atoms with Crippen molar-refractivity contribution in [3.8, 4) is 0 Å². The highest BCUT2D eigenvalue weighted by Gasteiger charge is 2.22. The molecule has 0 radical (unpaired) electrons. The molecule has 2 aromatic rings. The first-order valence-electron chi connectivity index (χ1n) is 6.66. The highest BCUT2D eigenvalue weighted by molar-refractivity contribution is 5.75. The Morgan fingerprint density at radius 2 is 2.22 bits per heavy atom. The summed E-state index contributed by atoms with van der Waals surface area (Å²) in [7, 11) is 0. The molecule has 4 rings (SSSR count). The van der Waals surface area contributed by atoms with Gasteiger partial charge < -0.3 is 10.6 Å². The van der Waals surface area contributed by atoms with Crippen LogP contribution < -0.4 is 10.6 Å². The van der Waals surface area contributed by atoms with Crippen LogP contribution >= 0.6 is 0 Å². The molecule has 18 heavy (non-hydrogen) atoms. The first-order chi connectivity index (χ1) is 8.90. The van der Waals surface area contributed by atoms with E-state index in [1.54, 1.807) is 0 Å². The maximum absolute atomic E-state index is 4.58. The molecule has 1 aliphatic carbocycles. The van der Waals surface area contributed by atoms with Gasteiger partial charge in [-0.15, -0.1) is 0 Å². The molecule has 1 saturated carbocycles. The van der Waals surface area contributed by atoms with Gasteiger partial charge in [0.05, 0.1) is 12.2 Å². The Bertz CT molecular complexity index is 568. The molecule has 1 saturated heterocycles. The van der Waals surface area contributed by atoms with Crippen molar-refractivity contribution in [2.45, 2.75) is 31.5 Å². The molecule has 3 heterocycles. The van der Waals surface area contributed by atoms with Crippen LogP contribution in [0.5, 0.6) is 0 Å². The first kappa shape index (κ1) is 10.5. The summed E-state index contributed by atoms with van der Waals surface area (Å²) in [5.41, 5.74) is 2.26. The second kappa shape index (κ2) is 4.03. The van der Waals surface area contributed by atoms with Gasteiger partial charge in [-0.3, -0.25) is 0 Å². The van der Waals surface area contributed by atoms with Gasteiger partial charge >= 0.3 is 0 Å². The van der Waals surface area contributed by atoms with E-state index in [1.165, 1.54) is 18.4 Å². The van der Waals surface area contributed by atoms with Crippen molar-refractivity contribution in [2.24, 2.45) is 0 Å². The first-order valence-corrected chi connectivity index (χ1v) is 6.66. The predicted octanol–water partition coefficient (Wildman–Crippen LogP) is 0.828. The molecule has 0 aromatic carbocycles. The van der Waals surface area contributed by atoms with E-state index in [0.717, 1.165) is 36.7 Å². The zero-order valence-electron chi connectivity index (χ0n) is 10.3. The highest BCUT2D eigenvalue weighted by Crippen LogP contribution is 2.21. The second-order valence-corrected chi connectivity index (χ2v) is 5.31. The lowest BCUT2D eigenvalue weighted by Gasteiger charge is -2.27. The third-order valence-electron chi connectivity index (χ3n) is 3.77. The number of aromatic nitrogens is 3. The lowest BCUT2D eigenvalue weighted by molar-refractivity contribution is 0.325. The van der Waals surface area contributed by atoms with Crippen LogP contribution in [0.4, 0.5) is 0 Å². The maximum atomic E-state index is 4.58. The van der Waals surface area contributed by atoms with E-state index in [-0.39, 0.29) is 0 Å². The smallest absolute Gasteiger partial charge is 0.158 e. The number of nitrogens with one attached hydrogen (secondary N) is 2. The summed E-state index contributed by atoms with van der Waals surface area (Å²) in [4.78, 5) is 4.58. The third kappa shape index (κ3) is 1.79. The van der Waals surface area contributed by atoms with Crippen molar-refractivity contribution in [1.82, 2.24) is 25.4 Å². The van der Waals surface area contributed by atoms with Gasteiger partial charge in [0.25, 0.3) is 0 Å². The van der Waals surface area contributed by atoms with Gasteiger partial charge in [0.15, 0.2) is 5.65 Å². The average molecular weight is 243 g/mol. The molecule has 1 aliphatic heterocycles. The SMILES string of the molecule is c1nc2c(cnn2C2CNC2)cc1CNC1CC1. The highest BCUT2D eigenvalue weighted by atomic mass is 15.3. The Hall–Kier alpha value is -1.46. The molecule has 0 bridgehead atoms. The lowest BCUT2D eigenvalue weighted by atomic mass is 10.2. The van der Waals surface area contributed by atoms with Crippen molar-refractivity contribution in [1.29, 1.82) is 0 Å². The molecule has 2 fully saturated rings. The van der Waals surface area contributed by atoms with Crippen molar-refractivity contribution in [3.63, 3.8) is 0 Å². The topological polar surface area (TPSA) is 54.8 Å². The van der Waals surface area contributed by atoms with Crippen LogP contribution in [0.1, 0.15) is 24.4 Å². The van der Waals surface area contributed by atoms with Crippen LogP contribution in [0.2, 0.25) is 0 Å². The minimum Gasteiger partial charge on any atom is -0.312 e. The molecule has 0 atom stereocenters. The summed E-state index contributed by atoms with van der Waals surface area (Å²) in [6, 6.07) is 3.42. The monoisotopic (exact) mass is 243 g/mol. The van der Waals surface area contributed by atoms with E-state index in [4.69, 9.17) is 0 Å². The van der Waals surface area contributed by atoms with E-state index in [2.05, 4.69) is 26.8 Å². The lowest BCUT2D eigenvalue weighted by Crippen LogP contribution is -2.43. The average Bonchev–Trinajstić information content (AvgIpc) is 3.07. The Kier molecular flexibility index (Phi) is 2.34. The Morgan fingerprint density at radius 3 is 2.94 bits per heavy atom. The van der Waals surface area contributed by atoms with Crippen LogP contribution in [-0.4, -0.2) is 33.9 Å². The predicted molar refractivity (Wildman–Crippen MR) is 69.3 cm³/mol. The summed E-state index contributed by atoms with van der Waals surface area (Å²) >= 11 is 0. The number of hydrogen-bond acceptors (Lipinski definition) is 4. The van der Waals surface area contributed by atoms with Crippen LogP contribution in [0, 0.1) is 0 Å². The van der Waals surface area contributed by atoms with Gasteiger partial charge in [0.2, 0.25) is 0 Å². The van der Waals surface area contributed by atoms with Crippen LogP contribution in [-0.2, 0) is 6.54 Å². The Balaban J connectivity index is 1.59. The van der Waals surface area contributed by atoms with Crippen LogP contribution in [0.25, 0.3) is 11.0 Å². The van der Waals surface area contributed by atoms with Crippen molar-refractivity contribution < 1.29 is 0 Å². The quantitative estimate of drug-likeness (QED) is 0.835. The van der Waals surface area contributed by atoms with Gasteiger partial charge in [0.1, 0.15) is 0 Å². The summed E-state index contributed by atoms with van der Waals surface area (Å²) in [5.74, 6) is 0. The molecule has 2 aliphatic rings. The fourth-order valence-electron chi connectivity index (χ4n) is 2.35. The van der Waals surface area contributed by atoms with E-state index in [0.29, 0.717) is 6.04 Å². The third-order valence-corrected chi connectivity index (χ3v) is 3.77. The van der Waals surface area contributed by atoms with E-state index >= 15 is 0 Å². The number of nitrogens with zero attached hydrogens (tertiary/aromatic N) is 3. The zero-order valence-corrected chi connectivity index (χ0v) is 10.3. The molecule has 0 amide bonds. The van der Waals surface area contributed by atoms with Gasteiger partial charge in [-0.25, -0.2) is 9.67 Å². The fourth-order valence-corrected chi connectivity index (χ4v) is 2.35. The normalized spacial score (nSPS) is 20.2. The van der Waals surface area contributed by atoms with Gasteiger partial charge in [0, 0.05) is 37.3 Å². The summed E-state index contributed by atoms with van der Waals surface area (Å²) < 4.78 is 2.05. The number of pyridine rings is 1. The zero-order chi connectivity index (χ0) is 11.9. The number of fused-ring (bicyclic) bond motifs is 1. The molecular weight excluding hydrogens is 226 g/mol. The summed E-state index contributed by atoms with van der Waals surface area (Å²) in [5, 5.41) is 12.4.